The molecule has 3 N–H and O–H groups in total. The Morgan fingerprint density at radius 2 is 2.05 bits per heavy atom. The van der Waals surface area contributed by atoms with Crippen molar-refractivity contribution in [2.45, 2.75) is 26.6 Å². The van der Waals surface area contributed by atoms with Crippen molar-refractivity contribution in [3.05, 3.63) is 48.6 Å². The van der Waals surface area contributed by atoms with Gasteiger partial charge in [-0.1, -0.05) is 50.3 Å². The Labute approximate surface area is 120 Å². The summed E-state index contributed by atoms with van der Waals surface area (Å²) < 4.78 is 5.18. The summed E-state index contributed by atoms with van der Waals surface area (Å²) in [6.07, 6.45) is 1.08. The van der Waals surface area contributed by atoms with E-state index in [0.29, 0.717) is 6.54 Å². The maximum atomic E-state index is 11.7. The van der Waals surface area contributed by atoms with E-state index in [9.17, 15) is 4.79 Å². The first-order valence-corrected chi connectivity index (χ1v) is 6.70. The van der Waals surface area contributed by atoms with Gasteiger partial charge < -0.3 is 10.1 Å². The van der Waals surface area contributed by atoms with E-state index in [-0.39, 0.29) is 18.7 Å². The summed E-state index contributed by atoms with van der Waals surface area (Å²) in [5.74, 6) is 0.219. The summed E-state index contributed by atoms with van der Waals surface area (Å²) in [5.41, 5.74) is 6.93. The Morgan fingerprint density at radius 1 is 1.35 bits per heavy atom. The van der Waals surface area contributed by atoms with Crippen LogP contribution in [0.1, 0.15) is 19.4 Å². The van der Waals surface area contributed by atoms with Crippen LogP contribution in [0, 0.1) is 5.92 Å². The van der Waals surface area contributed by atoms with E-state index in [1.54, 1.807) is 6.08 Å². The molecule has 0 heterocycles. The molecule has 5 nitrogen and oxygen atoms in total. The molecular formula is C15H23N3O2. The fraction of sp³-hybridized carbons (Fsp3) is 0.400. The fourth-order valence-corrected chi connectivity index (χ4v) is 1.50. The van der Waals surface area contributed by atoms with Crippen LogP contribution in [0.25, 0.3) is 0 Å². The van der Waals surface area contributed by atoms with Gasteiger partial charge in [0.1, 0.15) is 6.61 Å². The third kappa shape index (κ3) is 6.36. The van der Waals surface area contributed by atoms with Gasteiger partial charge in [0.2, 0.25) is 0 Å². The molecule has 0 aliphatic rings. The first-order chi connectivity index (χ1) is 9.63. The molecule has 0 fully saturated rings. The quantitative estimate of drug-likeness (QED) is 0.295. The molecule has 1 aromatic rings. The highest BCUT2D eigenvalue weighted by Gasteiger charge is 2.15. The molecule has 0 unspecified atom stereocenters. The Kier molecular flexibility index (Phi) is 7.39. The van der Waals surface area contributed by atoms with E-state index < -0.39 is 6.09 Å². The number of hydrogen-bond acceptors (Lipinski definition) is 4. The predicted octanol–water partition coefficient (Wildman–Crippen LogP) is 2.18. The second kappa shape index (κ2) is 9.12. The monoisotopic (exact) mass is 277 g/mol. The highest BCUT2D eigenvalue weighted by molar-refractivity contribution is 5.67. The van der Waals surface area contributed by atoms with Crippen LogP contribution in [0.5, 0.6) is 0 Å². The molecule has 0 aromatic heterocycles. The summed E-state index contributed by atoms with van der Waals surface area (Å²) in [4.78, 5) is 11.7. The second-order valence-electron chi connectivity index (χ2n) is 4.74. The minimum Gasteiger partial charge on any atom is -0.445 e. The molecule has 1 rings (SSSR count). The van der Waals surface area contributed by atoms with Gasteiger partial charge >= 0.3 is 6.09 Å². The van der Waals surface area contributed by atoms with Gasteiger partial charge in [-0.05, 0) is 11.5 Å². The number of ether oxygens (including phenoxy) is 1. The average Bonchev–Trinajstić information content (AvgIpc) is 2.45. The van der Waals surface area contributed by atoms with Crippen LogP contribution in [0.4, 0.5) is 4.79 Å². The van der Waals surface area contributed by atoms with Gasteiger partial charge in [-0.2, -0.15) is 0 Å². The smallest absolute Gasteiger partial charge is 0.408 e. The third-order valence-corrected chi connectivity index (χ3v) is 2.66. The zero-order valence-electron chi connectivity index (χ0n) is 12.1. The van der Waals surface area contributed by atoms with Crippen molar-refractivity contribution in [2.75, 3.05) is 6.54 Å². The Hall–Kier alpha value is -1.85. The molecule has 110 valence electrons. The molecule has 0 aliphatic carbocycles. The van der Waals surface area contributed by atoms with Crippen molar-refractivity contribution in [3.63, 3.8) is 0 Å². The summed E-state index contributed by atoms with van der Waals surface area (Å²) in [6, 6.07) is 9.57. The van der Waals surface area contributed by atoms with E-state index in [0.717, 1.165) is 5.56 Å². The lowest BCUT2D eigenvalue weighted by Gasteiger charge is -2.23. The van der Waals surface area contributed by atoms with E-state index >= 15 is 0 Å². The number of hydrogen-bond donors (Lipinski definition) is 3. The number of carbonyl (C=O) groups excluding carboxylic acids is 1. The molecule has 0 aliphatic heterocycles. The molecule has 1 amide bonds. The molecular weight excluding hydrogens is 254 g/mol. The number of amides is 1. The lowest BCUT2D eigenvalue weighted by molar-refractivity contribution is 0.128. The van der Waals surface area contributed by atoms with Gasteiger partial charge in [-0.25, -0.2) is 10.2 Å². The molecule has 0 saturated carbocycles. The maximum Gasteiger partial charge on any atom is 0.408 e. The summed E-state index contributed by atoms with van der Waals surface area (Å²) in [5, 5.41) is 2.78. The molecule has 1 atom stereocenters. The minimum absolute atomic E-state index is 0.210. The van der Waals surface area contributed by atoms with Crippen LogP contribution >= 0.6 is 0 Å². The molecule has 0 spiro atoms. The van der Waals surface area contributed by atoms with Crippen LogP contribution in [0.15, 0.2) is 43.0 Å². The van der Waals surface area contributed by atoms with Gasteiger partial charge in [-0.3, -0.25) is 5.43 Å². The average molecular weight is 277 g/mol. The van der Waals surface area contributed by atoms with Gasteiger partial charge in [0.25, 0.3) is 0 Å². The van der Waals surface area contributed by atoms with Crippen molar-refractivity contribution >= 4 is 6.09 Å². The van der Waals surface area contributed by atoms with Crippen molar-refractivity contribution in [1.29, 1.82) is 0 Å². The number of benzene rings is 1. The minimum atomic E-state index is -0.444. The van der Waals surface area contributed by atoms with E-state index in [4.69, 9.17) is 4.74 Å². The van der Waals surface area contributed by atoms with Crippen LogP contribution in [-0.4, -0.2) is 18.8 Å². The highest BCUT2D eigenvalue weighted by Crippen LogP contribution is 2.02. The predicted molar refractivity (Wildman–Crippen MR) is 79.7 cm³/mol. The van der Waals surface area contributed by atoms with Crippen LogP contribution in [-0.2, 0) is 11.3 Å². The molecule has 20 heavy (non-hydrogen) atoms. The first-order valence-electron chi connectivity index (χ1n) is 6.70. The van der Waals surface area contributed by atoms with Crippen LogP contribution in [0.3, 0.4) is 0 Å². The zero-order valence-corrected chi connectivity index (χ0v) is 12.1. The lowest BCUT2D eigenvalue weighted by Crippen LogP contribution is -2.54. The SMILES string of the molecule is C=CCNN[C@H](NC(=O)OCc1ccccc1)C(C)C. The topological polar surface area (TPSA) is 62.4 Å². The Bertz CT molecular complexity index is 407. The molecule has 0 bridgehead atoms. The zero-order chi connectivity index (χ0) is 14.8. The van der Waals surface area contributed by atoms with Crippen molar-refractivity contribution in [1.82, 2.24) is 16.2 Å². The van der Waals surface area contributed by atoms with Crippen LogP contribution in [0.2, 0.25) is 0 Å². The van der Waals surface area contributed by atoms with E-state index in [1.807, 2.05) is 44.2 Å². The largest absolute Gasteiger partial charge is 0.445 e. The van der Waals surface area contributed by atoms with Crippen LogP contribution < -0.4 is 16.2 Å². The number of alkyl carbamates (subject to hydrolysis) is 1. The molecule has 1 aromatic carbocycles. The lowest BCUT2D eigenvalue weighted by atomic mass is 10.1. The van der Waals surface area contributed by atoms with Gasteiger partial charge in [0, 0.05) is 6.54 Å². The molecule has 0 saturated heterocycles. The summed E-state index contributed by atoms with van der Waals surface area (Å²) in [7, 11) is 0. The summed E-state index contributed by atoms with van der Waals surface area (Å²) >= 11 is 0. The van der Waals surface area contributed by atoms with Gasteiger partial charge in [-0.15, -0.1) is 6.58 Å². The normalized spacial score (nSPS) is 11.9. The fourth-order valence-electron chi connectivity index (χ4n) is 1.50. The van der Waals surface area contributed by atoms with E-state index in [2.05, 4.69) is 22.7 Å². The second-order valence-corrected chi connectivity index (χ2v) is 4.74. The van der Waals surface area contributed by atoms with Gasteiger partial charge in [0.15, 0.2) is 0 Å². The third-order valence-electron chi connectivity index (χ3n) is 2.66. The number of nitrogens with one attached hydrogen (secondary N) is 3. The summed E-state index contributed by atoms with van der Waals surface area (Å²) in [6.45, 7) is 8.50. The van der Waals surface area contributed by atoms with Gasteiger partial charge in [0.05, 0.1) is 6.17 Å². The van der Waals surface area contributed by atoms with Crippen molar-refractivity contribution < 1.29 is 9.53 Å². The first kappa shape index (κ1) is 16.2. The Morgan fingerprint density at radius 3 is 2.65 bits per heavy atom. The number of carbonyl (C=O) groups is 1. The van der Waals surface area contributed by atoms with Crippen molar-refractivity contribution in [2.24, 2.45) is 5.92 Å². The number of rotatable bonds is 8. The molecule has 0 radical (unpaired) electrons. The number of hydrazine groups is 1. The van der Waals surface area contributed by atoms with Crippen molar-refractivity contribution in [3.8, 4) is 0 Å². The standard InChI is InChI=1S/C15H23N3O2/c1-4-10-16-18-14(12(2)3)17-15(19)20-11-13-8-6-5-7-9-13/h4-9,12,14,16,18H,1,10-11H2,2-3H3,(H,17,19)/t14-/m0/s1. The Balaban J connectivity index is 2.35. The van der Waals surface area contributed by atoms with E-state index in [1.165, 1.54) is 0 Å². The molecule has 5 heteroatoms. The maximum absolute atomic E-state index is 11.7. The highest BCUT2D eigenvalue weighted by atomic mass is 16.5.